The van der Waals surface area contributed by atoms with E-state index in [2.05, 4.69) is 15.5 Å². The fourth-order valence-corrected chi connectivity index (χ4v) is 4.01. The van der Waals surface area contributed by atoms with Gasteiger partial charge in [0.05, 0.1) is 23.4 Å². The van der Waals surface area contributed by atoms with Gasteiger partial charge in [-0.2, -0.15) is 0 Å². The van der Waals surface area contributed by atoms with Gasteiger partial charge in [-0.3, -0.25) is 4.79 Å². The summed E-state index contributed by atoms with van der Waals surface area (Å²) in [6, 6.07) is 11.7. The number of esters is 1. The SMILES string of the molecule is CCn1c(SCC(=O)Nc2cccc(C(=O)OC)c2)nnc1-c1ccc(Cl)cc1Cl. The Morgan fingerprint density at radius 1 is 1.17 bits per heavy atom. The first-order valence-electron chi connectivity index (χ1n) is 8.92. The van der Waals surface area contributed by atoms with Crippen LogP contribution in [-0.2, 0) is 16.1 Å². The van der Waals surface area contributed by atoms with Gasteiger partial charge < -0.3 is 14.6 Å². The van der Waals surface area contributed by atoms with Gasteiger partial charge in [0, 0.05) is 22.8 Å². The number of halogens is 2. The van der Waals surface area contributed by atoms with Crippen molar-refractivity contribution in [2.24, 2.45) is 0 Å². The zero-order valence-corrected chi connectivity index (χ0v) is 18.5. The lowest BCUT2D eigenvalue weighted by Gasteiger charge is -2.09. The fourth-order valence-electron chi connectivity index (χ4n) is 2.72. The van der Waals surface area contributed by atoms with Crippen molar-refractivity contribution in [2.75, 3.05) is 18.2 Å². The summed E-state index contributed by atoms with van der Waals surface area (Å²) in [6.45, 7) is 2.56. The largest absolute Gasteiger partial charge is 0.465 e. The predicted octanol–water partition coefficient (Wildman–Crippen LogP) is 4.79. The normalized spacial score (nSPS) is 10.7. The van der Waals surface area contributed by atoms with Gasteiger partial charge in [-0.15, -0.1) is 10.2 Å². The Bertz CT molecular complexity index is 1090. The van der Waals surface area contributed by atoms with Crippen molar-refractivity contribution in [3.63, 3.8) is 0 Å². The first-order valence-corrected chi connectivity index (χ1v) is 10.7. The van der Waals surface area contributed by atoms with Gasteiger partial charge in [0.25, 0.3) is 0 Å². The van der Waals surface area contributed by atoms with E-state index in [0.717, 1.165) is 0 Å². The molecule has 0 radical (unpaired) electrons. The molecule has 1 N–H and O–H groups in total. The highest BCUT2D eigenvalue weighted by Crippen LogP contribution is 2.31. The molecule has 0 atom stereocenters. The Hall–Kier alpha value is -2.55. The van der Waals surface area contributed by atoms with Gasteiger partial charge in [0.1, 0.15) is 0 Å². The summed E-state index contributed by atoms with van der Waals surface area (Å²) >= 11 is 13.5. The number of nitrogens with zero attached hydrogens (tertiary/aromatic N) is 3. The number of aromatic nitrogens is 3. The number of rotatable bonds is 7. The minimum Gasteiger partial charge on any atom is -0.465 e. The predicted molar refractivity (Wildman–Crippen MR) is 118 cm³/mol. The van der Waals surface area contributed by atoms with E-state index in [-0.39, 0.29) is 11.7 Å². The molecule has 0 saturated heterocycles. The summed E-state index contributed by atoms with van der Waals surface area (Å²) in [4.78, 5) is 24.0. The summed E-state index contributed by atoms with van der Waals surface area (Å²) in [6.07, 6.45) is 0. The summed E-state index contributed by atoms with van der Waals surface area (Å²) in [5.41, 5.74) is 1.58. The molecule has 10 heteroatoms. The Morgan fingerprint density at radius 2 is 1.97 bits per heavy atom. The molecule has 0 bridgehead atoms. The second-order valence-electron chi connectivity index (χ2n) is 6.08. The Balaban J connectivity index is 1.70. The zero-order valence-electron chi connectivity index (χ0n) is 16.2. The maximum Gasteiger partial charge on any atom is 0.337 e. The van der Waals surface area contributed by atoms with Gasteiger partial charge in [-0.1, -0.05) is 41.0 Å². The standard InChI is InChI=1S/C20H18Cl2N4O3S/c1-3-26-18(15-8-7-13(21)10-16(15)22)24-25-20(26)30-11-17(27)23-14-6-4-5-12(9-14)19(28)29-2/h4-10H,3,11H2,1-2H3,(H,23,27). The van der Waals surface area contributed by atoms with Gasteiger partial charge in [0.15, 0.2) is 11.0 Å². The lowest BCUT2D eigenvalue weighted by atomic mass is 10.2. The van der Waals surface area contributed by atoms with Crippen molar-refractivity contribution < 1.29 is 14.3 Å². The monoisotopic (exact) mass is 464 g/mol. The van der Waals surface area contributed by atoms with E-state index in [0.29, 0.717) is 44.4 Å². The maximum atomic E-state index is 12.4. The summed E-state index contributed by atoms with van der Waals surface area (Å²) < 4.78 is 6.57. The fraction of sp³-hybridized carbons (Fsp3) is 0.200. The van der Waals surface area contributed by atoms with Gasteiger partial charge in [-0.05, 0) is 43.3 Å². The van der Waals surface area contributed by atoms with Crippen LogP contribution in [0.3, 0.4) is 0 Å². The molecule has 0 aliphatic heterocycles. The maximum absolute atomic E-state index is 12.4. The number of ether oxygens (including phenoxy) is 1. The number of carbonyl (C=O) groups is 2. The molecule has 1 aromatic heterocycles. The highest BCUT2D eigenvalue weighted by atomic mass is 35.5. The van der Waals surface area contributed by atoms with Crippen LogP contribution < -0.4 is 5.32 Å². The van der Waals surface area contributed by atoms with Gasteiger partial charge in [-0.25, -0.2) is 4.79 Å². The Kier molecular flexibility index (Phi) is 7.36. The van der Waals surface area contributed by atoms with Crippen molar-refractivity contribution >= 4 is 52.5 Å². The Labute approximate surface area is 187 Å². The molecule has 7 nitrogen and oxygen atoms in total. The topological polar surface area (TPSA) is 86.1 Å². The molecule has 0 unspecified atom stereocenters. The van der Waals surface area contributed by atoms with E-state index < -0.39 is 5.97 Å². The smallest absolute Gasteiger partial charge is 0.337 e. The number of hydrogen-bond acceptors (Lipinski definition) is 6. The van der Waals surface area contributed by atoms with Crippen LogP contribution in [0.15, 0.2) is 47.6 Å². The molecule has 0 aliphatic rings. The molecule has 2 aromatic carbocycles. The molecule has 0 aliphatic carbocycles. The molecule has 0 saturated carbocycles. The van der Waals surface area contributed by atoms with Crippen LogP contribution in [0.2, 0.25) is 10.0 Å². The number of nitrogens with one attached hydrogen (secondary N) is 1. The van der Waals surface area contributed by atoms with Gasteiger partial charge >= 0.3 is 5.97 Å². The van der Waals surface area contributed by atoms with Crippen LogP contribution in [0, 0.1) is 0 Å². The van der Waals surface area contributed by atoms with E-state index >= 15 is 0 Å². The van der Waals surface area contributed by atoms with E-state index in [4.69, 9.17) is 27.9 Å². The summed E-state index contributed by atoms with van der Waals surface area (Å²) in [5, 5.41) is 12.8. The Morgan fingerprint density at radius 3 is 2.67 bits per heavy atom. The zero-order chi connectivity index (χ0) is 21.7. The molecular formula is C20H18Cl2N4O3S. The van der Waals surface area contributed by atoms with Crippen molar-refractivity contribution in [1.82, 2.24) is 14.8 Å². The number of carbonyl (C=O) groups excluding carboxylic acids is 2. The number of benzene rings is 2. The number of hydrogen-bond donors (Lipinski definition) is 1. The molecule has 3 aromatic rings. The molecule has 3 rings (SSSR count). The first kappa shape index (κ1) is 22.1. The van der Waals surface area contributed by atoms with E-state index in [9.17, 15) is 9.59 Å². The van der Waals surface area contributed by atoms with Crippen LogP contribution in [0.4, 0.5) is 5.69 Å². The number of anilines is 1. The average Bonchev–Trinajstić information content (AvgIpc) is 3.14. The second kappa shape index (κ2) is 9.97. The minimum absolute atomic E-state index is 0.120. The highest BCUT2D eigenvalue weighted by molar-refractivity contribution is 7.99. The molecule has 1 amide bonds. The minimum atomic E-state index is -0.468. The van der Waals surface area contributed by atoms with Crippen LogP contribution in [-0.4, -0.2) is 39.5 Å². The third-order valence-electron chi connectivity index (χ3n) is 4.10. The third kappa shape index (κ3) is 5.13. The average molecular weight is 465 g/mol. The number of methoxy groups -OCH3 is 1. The molecule has 0 spiro atoms. The second-order valence-corrected chi connectivity index (χ2v) is 7.87. The van der Waals surface area contributed by atoms with Crippen LogP contribution in [0.25, 0.3) is 11.4 Å². The number of thioether (sulfide) groups is 1. The van der Waals surface area contributed by atoms with Crippen molar-refractivity contribution in [3.05, 3.63) is 58.1 Å². The summed E-state index contributed by atoms with van der Waals surface area (Å²) in [7, 11) is 1.31. The molecule has 30 heavy (non-hydrogen) atoms. The van der Waals surface area contributed by atoms with E-state index in [1.165, 1.54) is 18.9 Å². The van der Waals surface area contributed by atoms with Crippen molar-refractivity contribution in [2.45, 2.75) is 18.6 Å². The van der Waals surface area contributed by atoms with E-state index in [1.54, 1.807) is 42.5 Å². The molecule has 0 fully saturated rings. The molecule has 156 valence electrons. The number of amides is 1. The lowest BCUT2D eigenvalue weighted by molar-refractivity contribution is -0.113. The third-order valence-corrected chi connectivity index (χ3v) is 5.62. The van der Waals surface area contributed by atoms with Gasteiger partial charge in [0.2, 0.25) is 5.91 Å². The van der Waals surface area contributed by atoms with Crippen LogP contribution >= 0.6 is 35.0 Å². The van der Waals surface area contributed by atoms with Crippen molar-refractivity contribution in [1.29, 1.82) is 0 Å². The van der Waals surface area contributed by atoms with Crippen molar-refractivity contribution in [3.8, 4) is 11.4 Å². The van der Waals surface area contributed by atoms with Crippen LogP contribution in [0.5, 0.6) is 0 Å². The first-order chi connectivity index (χ1) is 14.4. The highest BCUT2D eigenvalue weighted by Gasteiger charge is 2.17. The molecular weight excluding hydrogens is 447 g/mol. The molecule has 1 heterocycles. The quantitative estimate of drug-likeness (QED) is 0.399. The van der Waals surface area contributed by atoms with E-state index in [1.807, 2.05) is 11.5 Å². The lowest BCUT2D eigenvalue weighted by Crippen LogP contribution is -2.15. The summed E-state index contributed by atoms with van der Waals surface area (Å²) in [5.74, 6) is 0.0195. The van der Waals surface area contributed by atoms with Crippen LogP contribution in [0.1, 0.15) is 17.3 Å².